The van der Waals surface area contributed by atoms with Crippen molar-refractivity contribution in [3.63, 3.8) is 0 Å². The minimum atomic E-state index is -0.723. The van der Waals surface area contributed by atoms with E-state index < -0.39 is 5.97 Å². The van der Waals surface area contributed by atoms with Crippen molar-refractivity contribution in [1.29, 1.82) is 0 Å². The van der Waals surface area contributed by atoms with Crippen LogP contribution in [0.5, 0.6) is 5.75 Å². The van der Waals surface area contributed by atoms with Crippen LogP contribution < -0.4 is 10.1 Å². The Labute approximate surface area is 318 Å². The fourth-order valence-electron chi connectivity index (χ4n) is 8.71. The lowest BCUT2D eigenvalue weighted by Crippen LogP contribution is -2.42. The molecule has 1 aromatic heterocycles. The summed E-state index contributed by atoms with van der Waals surface area (Å²) < 4.78 is 7.75. The van der Waals surface area contributed by atoms with Crippen LogP contribution in [-0.4, -0.2) is 80.3 Å². The maximum atomic E-state index is 13.8. The molecule has 10 nitrogen and oxygen atoms in total. The predicted octanol–water partition coefficient (Wildman–Crippen LogP) is 7.01. The number of rotatable bonds is 10. The maximum Gasteiger partial charge on any atom is 0.307 e. The summed E-state index contributed by atoms with van der Waals surface area (Å²) in [6, 6.07) is 17.0. The first-order valence-electron chi connectivity index (χ1n) is 19.3. The zero-order valence-corrected chi connectivity index (χ0v) is 32.2. The van der Waals surface area contributed by atoms with Gasteiger partial charge in [-0.2, -0.15) is 0 Å². The van der Waals surface area contributed by atoms with Gasteiger partial charge in [-0.1, -0.05) is 48.6 Å². The molecule has 10 heteroatoms. The topological polar surface area (TPSA) is 120 Å². The molecular weight excluding hydrogens is 679 g/mol. The van der Waals surface area contributed by atoms with Gasteiger partial charge in [-0.05, 0) is 110 Å². The number of carboxylic acids is 1. The van der Waals surface area contributed by atoms with Gasteiger partial charge in [0, 0.05) is 62.6 Å². The molecule has 2 fully saturated rings. The SMILES string of the molecule is COc1cc(/C=C/c2cccc(-c3cccc(NC(=O)c4nc5c(n4C)CCN(C4CCC(O)CC4)C5)c3C)c2C)c(C)cc1CN1CC[C@@H](C(=O)O)C1. The number of aryl methyl sites for hydroxylation is 1. The number of nitrogens with one attached hydrogen (secondary N) is 1. The predicted molar refractivity (Wildman–Crippen MR) is 213 cm³/mol. The van der Waals surface area contributed by atoms with E-state index in [4.69, 9.17) is 9.72 Å². The standard InChI is InChI=1S/C44H53N5O5/c1-27-22-33(25-48-20-18-32(24-48)44(52)53)41(54-5)23-31(27)13-12-30-8-6-9-36(28(30)2)37-10-7-11-38(29(37)3)46-43(51)42-45-39-26-49(21-19-40(39)47(42)4)34-14-16-35(50)17-15-34/h6-13,22-23,32,34-35,50H,14-21,24-26H2,1-5H3,(H,46,51)(H,52,53)/b13-12+/t32-,34?,35?/m1/s1. The highest BCUT2D eigenvalue weighted by Crippen LogP contribution is 2.34. The van der Waals surface area contributed by atoms with Crippen LogP contribution in [0.2, 0.25) is 0 Å². The number of likely N-dealkylation sites (tertiary alicyclic amines) is 1. The van der Waals surface area contributed by atoms with Crippen molar-refractivity contribution in [2.24, 2.45) is 13.0 Å². The minimum Gasteiger partial charge on any atom is -0.496 e. The first-order valence-corrected chi connectivity index (χ1v) is 19.3. The van der Waals surface area contributed by atoms with E-state index in [0.29, 0.717) is 31.4 Å². The fourth-order valence-corrected chi connectivity index (χ4v) is 8.71. The second-order valence-corrected chi connectivity index (χ2v) is 15.4. The van der Waals surface area contributed by atoms with E-state index in [-0.39, 0.29) is 17.9 Å². The number of benzene rings is 3. The van der Waals surface area contributed by atoms with E-state index in [1.54, 1.807) is 7.11 Å². The van der Waals surface area contributed by atoms with Gasteiger partial charge < -0.3 is 24.8 Å². The van der Waals surface area contributed by atoms with E-state index in [1.807, 2.05) is 23.7 Å². The zero-order chi connectivity index (χ0) is 38.1. The molecule has 3 N–H and O–H groups in total. The van der Waals surface area contributed by atoms with E-state index in [2.05, 4.69) is 84.4 Å². The second kappa shape index (κ2) is 15.9. The molecule has 54 heavy (non-hydrogen) atoms. The molecule has 1 saturated carbocycles. The Morgan fingerprint density at radius 2 is 1.67 bits per heavy atom. The van der Waals surface area contributed by atoms with Crippen LogP contribution in [0.3, 0.4) is 0 Å². The molecule has 1 aliphatic carbocycles. The van der Waals surface area contributed by atoms with Crippen molar-refractivity contribution < 1.29 is 24.5 Å². The Morgan fingerprint density at radius 1 is 0.944 bits per heavy atom. The molecule has 4 aromatic rings. The minimum absolute atomic E-state index is 0.174. The molecule has 0 unspecified atom stereocenters. The summed E-state index contributed by atoms with van der Waals surface area (Å²) in [7, 11) is 3.62. The number of ether oxygens (including phenoxy) is 1. The van der Waals surface area contributed by atoms with Gasteiger partial charge in [-0.3, -0.25) is 19.4 Å². The fraction of sp³-hybridized carbons (Fsp3) is 0.432. The summed E-state index contributed by atoms with van der Waals surface area (Å²) in [6.45, 7) is 9.95. The third-order valence-corrected chi connectivity index (χ3v) is 12.0. The summed E-state index contributed by atoms with van der Waals surface area (Å²) in [5.74, 6) is -0.0189. The Morgan fingerprint density at radius 3 is 2.39 bits per heavy atom. The van der Waals surface area contributed by atoms with Crippen LogP contribution in [0.15, 0.2) is 48.5 Å². The molecule has 3 heterocycles. The monoisotopic (exact) mass is 731 g/mol. The van der Waals surface area contributed by atoms with Crippen molar-refractivity contribution in [3.8, 4) is 16.9 Å². The summed E-state index contributed by atoms with van der Waals surface area (Å²) in [4.78, 5) is 34.7. The molecular formula is C44H53N5O5. The van der Waals surface area contributed by atoms with Gasteiger partial charge >= 0.3 is 5.97 Å². The molecule has 2 aliphatic heterocycles. The van der Waals surface area contributed by atoms with Crippen molar-refractivity contribution in [2.75, 3.05) is 32.1 Å². The summed E-state index contributed by atoms with van der Waals surface area (Å²) in [5, 5.41) is 22.6. The third kappa shape index (κ3) is 7.74. The van der Waals surface area contributed by atoms with Crippen LogP contribution in [0.25, 0.3) is 23.3 Å². The van der Waals surface area contributed by atoms with E-state index in [9.17, 15) is 19.8 Å². The summed E-state index contributed by atoms with van der Waals surface area (Å²) >= 11 is 0. The summed E-state index contributed by atoms with van der Waals surface area (Å²) in [5.41, 5.74) is 11.5. The lowest BCUT2D eigenvalue weighted by atomic mass is 9.91. The highest BCUT2D eigenvalue weighted by Gasteiger charge is 2.32. The Kier molecular flexibility index (Phi) is 11.1. The largest absolute Gasteiger partial charge is 0.496 e. The van der Waals surface area contributed by atoms with Crippen molar-refractivity contribution in [2.45, 2.75) is 84.5 Å². The number of aromatic nitrogens is 2. The number of aliphatic carboxylic acids is 1. The highest BCUT2D eigenvalue weighted by molar-refractivity contribution is 6.03. The number of methoxy groups -OCH3 is 1. The Bertz CT molecular complexity index is 2080. The van der Waals surface area contributed by atoms with Gasteiger partial charge in [0.25, 0.3) is 5.91 Å². The summed E-state index contributed by atoms with van der Waals surface area (Å²) in [6.07, 6.45) is 9.35. The van der Waals surface area contributed by atoms with Crippen LogP contribution >= 0.6 is 0 Å². The van der Waals surface area contributed by atoms with Crippen LogP contribution in [0, 0.1) is 26.7 Å². The third-order valence-electron chi connectivity index (χ3n) is 12.0. The lowest BCUT2D eigenvalue weighted by molar-refractivity contribution is -0.141. The number of fused-ring (bicyclic) bond motifs is 1. The molecule has 3 aliphatic rings. The molecule has 0 radical (unpaired) electrons. The zero-order valence-electron chi connectivity index (χ0n) is 32.2. The van der Waals surface area contributed by atoms with Crippen molar-refractivity contribution in [3.05, 3.63) is 99.1 Å². The highest BCUT2D eigenvalue weighted by atomic mass is 16.5. The first kappa shape index (κ1) is 37.5. The average Bonchev–Trinajstić information content (AvgIpc) is 3.77. The number of aliphatic hydroxyl groups excluding tert-OH is 1. The number of carbonyl (C=O) groups is 2. The van der Waals surface area contributed by atoms with Gasteiger partial charge in [-0.25, -0.2) is 4.98 Å². The van der Waals surface area contributed by atoms with Crippen molar-refractivity contribution in [1.82, 2.24) is 19.4 Å². The van der Waals surface area contributed by atoms with Crippen LogP contribution in [-0.2, 0) is 31.4 Å². The number of carboxylic acid groups (broad SMARTS) is 1. The lowest BCUT2D eigenvalue weighted by Gasteiger charge is -2.37. The van der Waals surface area contributed by atoms with Crippen LogP contribution in [0.1, 0.15) is 87.5 Å². The quantitative estimate of drug-likeness (QED) is 0.149. The number of amides is 1. The van der Waals surface area contributed by atoms with Gasteiger partial charge in [0.2, 0.25) is 0 Å². The molecule has 0 bridgehead atoms. The maximum absolute atomic E-state index is 13.8. The number of nitrogens with zero attached hydrogens (tertiary/aromatic N) is 4. The second-order valence-electron chi connectivity index (χ2n) is 15.4. The number of hydrogen-bond donors (Lipinski definition) is 3. The molecule has 3 aromatic carbocycles. The van der Waals surface area contributed by atoms with Crippen molar-refractivity contribution >= 4 is 29.7 Å². The molecule has 284 valence electrons. The molecule has 7 rings (SSSR count). The number of aliphatic hydroxyl groups is 1. The molecule has 1 amide bonds. The molecule has 1 atom stereocenters. The number of imidazole rings is 1. The Balaban J connectivity index is 1.06. The van der Waals surface area contributed by atoms with E-state index >= 15 is 0 Å². The smallest absolute Gasteiger partial charge is 0.307 e. The van der Waals surface area contributed by atoms with Gasteiger partial charge in [0.1, 0.15) is 5.75 Å². The van der Waals surface area contributed by atoms with Gasteiger partial charge in [-0.15, -0.1) is 0 Å². The van der Waals surface area contributed by atoms with Gasteiger partial charge in [0.05, 0.1) is 24.8 Å². The van der Waals surface area contributed by atoms with Gasteiger partial charge in [0.15, 0.2) is 5.82 Å². The number of hydrogen-bond acceptors (Lipinski definition) is 7. The number of carbonyl (C=O) groups excluding carboxylic acids is 1. The Hall–Kier alpha value is -4.77. The molecule has 0 spiro atoms. The average molecular weight is 732 g/mol. The number of anilines is 1. The molecule has 1 saturated heterocycles. The normalized spacial score (nSPS) is 20.7. The van der Waals surface area contributed by atoms with Crippen LogP contribution in [0.4, 0.5) is 5.69 Å². The van der Waals surface area contributed by atoms with E-state index in [0.717, 1.165) is 119 Å². The first-order chi connectivity index (χ1) is 26.0. The van der Waals surface area contributed by atoms with E-state index in [1.165, 1.54) is 0 Å².